The van der Waals surface area contributed by atoms with E-state index in [1.807, 2.05) is 37.3 Å². The molecule has 1 aliphatic rings. The highest BCUT2D eigenvalue weighted by Gasteiger charge is 2.33. The number of Topliss-reactive ketones (excluding diaryl/α,β-unsaturated/α-hetero) is 1. The van der Waals surface area contributed by atoms with Gasteiger partial charge in [0.1, 0.15) is 22.8 Å². The summed E-state index contributed by atoms with van der Waals surface area (Å²) in [6.45, 7) is 1.85. The molecule has 0 bridgehead atoms. The van der Waals surface area contributed by atoms with Gasteiger partial charge >= 0.3 is 0 Å². The summed E-state index contributed by atoms with van der Waals surface area (Å²) < 4.78 is 16.4. The molecule has 1 aliphatic heterocycles. The van der Waals surface area contributed by atoms with E-state index < -0.39 is 0 Å². The van der Waals surface area contributed by atoms with Crippen molar-refractivity contribution in [3.05, 3.63) is 58.8 Å². The molecule has 0 aromatic heterocycles. The van der Waals surface area contributed by atoms with Gasteiger partial charge < -0.3 is 14.2 Å². The van der Waals surface area contributed by atoms with E-state index in [-0.39, 0.29) is 11.5 Å². The van der Waals surface area contributed by atoms with Crippen molar-refractivity contribution in [2.24, 2.45) is 0 Å². The predicted octanol–water partition coefficient (Wildman–Crippen LogP) is 3.63. The van der Waals surface area contributed by atoms with Crippen LogP contribution in [-0.2, 0) is 0 Å². The molecule has 3 rings (SSSR count). The smallest absolute Gasteiger partial charge is 0.235 e. The van der Waals surface area contributed by atoms with E-state index in [9.17, 15) is 4.79 Å². The summed E-state index contributed by atoms with van der Waals surface area (Å²) in [5.41, 5.74) is 2.13. The summed E-state index contributed by atoms with van der Waals surface area (Å²) in [5.74, 6) is 1.69. The molecule has 0 radical (unpaired) electrons. The number of hydrogen-bond donors (Lipinski definition) is 0. The van der Waals surface area contributed by atoms with E-state index in [4.69, 9.17) is 14.2 Å². The summed E-state index contributed by atoms with van der Waals surface area (Å²) in [7, 11) is 3.11. The van der Waals surface area contributed by atoms with Crippen molar-refractivity contribution in [1.82, 2.24) is 0 Å². The highest BCUT2D eigenvalue weighted by atomic mass is 16.5. The lowest BCUT2D eigenvalue weighted by atomic mass is 10.0. The molecule has 0 aliphatic carbocycles. The van der Waals surface area contributed by atoms with Gasteiger partial charge in [0.2, 0.25) is 5.78 Å². The summed E-state index contributed by atoms with van der Waals surface area (Å²) >= 11 is 0. The van der Waals surface area contributed by atoms with Gasteiger partial charge in [-0.05, 0) is 18.6 Å². The van der Waals surface area contributed by atoms with Gasteiger partial charge in [0.25, 0.3) is 0 Å². The molecule has 112 valence electrons. The zero-order chi connectivity index (χ0) is 15.7. The fraction of sp³-hybridized carbons (Fsp3) is 0.167. The Morgan fingerprint density at radius 1 is 1.09 bits per heavy atom. The van der Waals surface area contributed by atoms with Crippen molar-refractivity contribution in [2.45, 2.75) is 6.92 Å². The van der Waals surface area contributed by atoms with Crippen molar-refractivity contribution < 1.29 is 19.0 Å². The fourth-order valence-electron chi connectivity index (χ4n) is 2.56. The molecule has 0 spiro atoms. The van der Waals surface area contributed by atoms with Crippen LogP contribution >= 0.6 is 0 Å². The average molecular weight is 296 g/mol. The van der Waals surface area contributed by atoms with Crippen LogP contribution in [-0.4, -0.2) is 20.0 Å². The van der Waals surface area contributed by atoms with E-state index in [1.54, 1.807) is 19.3 Å². The molecule has 22 heavy (non-hydrogen) atoms. The molecule has 0 N–H and O–H groups in total. The second-order valence-electron chi connectivity index (χ2n) is 4.96. The van der Waals surface area contributed by atoms with Gasteiger partial charge in [-0.25, -0.2) is 0 Å². The lowest BCUT2D eigenvalue weighted by molar-refractivity contribution is 0.101. The molecule has 0 amide bonds. The number of fused-ring (bicyclic) bond motifs is 1. The minimum absolute atomic E-state index is 0.179. The first-order valence-electron chi connectivity index (χ1n) is 6.90. The first-order valence-corrected chi connectivity index (χ1v) is 6.90. The molecule has 0 atom stereocenters. The van der Waals surface area contributed by atoms with Crippen molar-refractivity contribution in [1.29, 1.82) is 0 Å². The SMILES string of the molecule is COc1cc2c(c(OC)c1C)C(=O)/C(=C/c1ccccc1)O2. The third-order valence-corrected chi connectivity index (χ3v) is 3.64. The Balaban J connectivity index is 2.10. The molecule has 1 heterocycles. The van der Waals surface area contributed by atoms with Crippen molar-refractivity contribution in [3.63, 3.8) is 0 Å². The number of benzene rings is 2. The molecule has 0 fully saturated rings. The quantitative estimate of drug-likeness (QED) is 0.811. The first kappa shape index (κ1) is 14.2. The number of hydrogen-bond acceptors (Lipinski definition) is 4. The Morgan fingerprint density at radius 2 is 1.82 bits per heavy atom. The number of rotatable bonds is 3. The molecular formula is C18H16O4. The standard InChI is InChI=1S/C18H16O4/c1-11-13(20-2)10-14-16(18(11)21-3)17(19)15(22-14)9-12-7-5-4-6-8-12/h4-10H,1-3H3/b15-9-. The van der Waals surface area contributed by atoms with Crippen molar-refractivity contribution in [3.8, 4) is 17.2 Å². The van der Waals surface area contributed by atoms with Crippen LogP contribution in [0.25, 0.3) is 6.08 Å². The van der Waals surface area contributed by atoms with Gasteiger partial charge in [-0.1, -0.05) is 30.3 Å². The highest BCUT2D eigenvalue weighted by Crippen LogP contribution is 2.44. The highest BCUT2D eigenvalue weighted by molar-refractivity contribution is 6.16. The summed E-state index contributed by atoms with van der Waals surface area (Å²) in [6, 6.07) is 11.3. The maximum absolute atomic E-state index is 12.6. The predicted molar refractivity (Wildman–Crippen MR) is 83.7 cm³/mol. The van der Waals surface area contributed by atoms with Crippen LogP contribution in [0.1, 0.15) is 21.5 Å². The van der Waals surface area contributed by atoms with Gasteiger partial charge in [-0.3, -0.25) is 4.79 Å². The average Bonchev–Trinajstić information content (AvgIpc) is 2.84. The first-order chi connectivity index (χ1) is 10.7. The van der Waals surface area contributed by atoms with Gasteiger partial charge in [-0.15, -0.1) is 0 Å². The maximum Gasteiger partial charge on any atom is 0.235 e. The Hall–Kier alpha value is -2.75. The van der Waals surface area contributed by atoms with Gasteiger partial charge in [0.05, 0.1) is 14.2 Å². The lowest BCUT2D eigenvalue weighted by Gasteiger charge is -2.12. The van der Waals surface area contributed by atoms with Gasteiger partial charge in [0, 0.05) is 11.6 Å². The third-order valence-electron chi connectivity index (χ3n) is 3.64. The van der Waals surface area contributed by atoms with Crippen molar-refractivity contribution in [2.75, 3.05) is 14.2 Å². The summed E-state index contributed by atoms with van der Waals surface area (Å²) in [6.07, 6.45) is 1.73. The van der Waals surface area contributed by atoms with Gasteiger partial charge in [0.15, 0.2) is 5.76 Å². The number of allylic oxidation sites excluding steroid dienone is 1. The van der Waals surface area contributed by atoms with Crippen LogP contribution in [0.3, 0.4) is 0 Å². The molecule has 0 saturated heterocycles. The minimum Gasteiger partial charge on any atom is -0.496 e. The van der Waals surface area contributed by atoms with Crippen LogP contribution in [0, 0.1) is 6.92 Å². The number of ketones is 1. The van der Waals surface area contributed by atoms with E-state index in [1.165, 1.54) is 7.11 Å². The third kappa shape index (κ3) is 2.22. The van der Waals surface area contributed by atoms with Crippen LogP contribution in [0.4, 0.5) is 0 Å². The number of methoxy groups -OCH3 is 2. The summed E-state index contributed by atoms with van der Waals surface area (Å²) in [5, 5.41) is 0. The molecule has 2 aromatic rings. The van der Waals surface area contributed by atoms with Crippen LogP contribution in [0.5, 0.6) is 17.2 Å². The van der Waals surface area contributed by atoms with Gasteiger partial charge in [-0.2, -0.15) is 0 Å². The second kappa shape index (κ2) is 5.56. The van der Waals surface area contributed by atoms with E-state index >= 15 is 0 Å². The molecule has 0 unspecified atom stereocenters. The monoisotopic (exact) mass is 296 g/mol. The number of ether oxygens (including phenoxy) is 3. The molecule has 0 saturated carbocycles. The van der Waals surface area contributed by atoms with Crippen LogP contribution in [0.2, 0.25) is 0 Å². The van der Waals surface area contributed by atoms with Crippen LogP contribution in [0.15, 0.2) is 42.2 Å². The van der Waals surface area contributed by atoms with E-state index in [0.717, 1.165) is 11.1 Å². The Labute approximate surface area is 128 Å². The van der Waals surface area contributed by atoms with Crippen molar-refractivity contribution >= 4 is 11.9 Å². The zero-order valence-electron chi connectivity index (χ0n) is 12.7. The molecule has 4 heteroatoms. The molecule has 4 nitrogen and oxygen atoms in total. The second-order valence-corrected chi connectivity index (χ2v) is 4.96. The van der Waals surface area contributed by atoms with E-state index in [2.05, 4.69) is 0 Å². The minimum atomic E-state index is -0.179. The lowest BCUT2D eigenvalue weighted by Crippen LogP contribution is -2.01. The zero-order valence-corrected chi connectivity index (χ0v) is 12.7. The largest absolute Gasteiger partial charge is 0.496 e. The Kier molecular flexibility index (Phi) is 3.59. The fourth-order valence-corrected chi connectivity index (χ4v) is 2.56. The normalized spacial score (nSPS) is 14.7. The molecular weight excluding hydrogens is 280 g/mol. The Bertz CT molecular complexity index is 760. The summed E-state index contributed by atoms with van der Waals surface area (Å²) in [4.78, 5) is 12.6. The number of carbonyl (C=O) groups excluding carboxylic acids is 1. The molecule has 2 aromatic carbocycles. The van der Waals surface area contributed by atoms with Crippen LogP contribution < -0.4 is 14.2 Å². The maximum atomic E-state index is 12.6. The van der Waals surface area contributed by atoms with E-state index in [0.29, 0.717) is 22.8 Å². The Morgan fingerprint density at radius 3 is 2.45 bits per heavy atom. The number of carbonyl (C=O) groups is 1. The topological polar surface area (TPSA) is 44.8 Å².